The molecule has 0 aromatic heterocycles. The van der Waals surface area contributed by atoms with Crippen molar-refractivity contribution in [1.82, 2.24) is 9.21 Å². The first-order chi connectivity index (χ1) is 12.4. The van der Waals surface area contributed by atoms with Crippen LogP contribution in [-0.2, 0) is 14.8 Å². The number of sulfonamides is 1. The maximum atomic E-state index is 12.9. The minimum absolute atomic E-state index is 0.0904. The molecule has 1 fully saturated rings. The SMILES string of the molecule is CC(C)CC(=O)N1CCN(S(=O)(=O)c2ccc3c(c2)OCCCO3)CC1. The highest BCUT2D eigenvalue weighted by atomic mass is 32.2. The molecule has 1 amide bonds. The van der Waals surface area contributed by atoms with Gasteiger partial charge in [0.2, 0.25) is 15.9 Å². The van der Waals surface area contributed by atoms with E-state index in [1.165, 1.54) is 10.4 Å². The van der Waals surface area contributed by atoms with Crippen LogP contribution in [0.4, 0.5) is 0 Å². The molecule has 0 radical (unpaired) electrons. The van der Waals surface area contributed by atoms with Crippen LogP contribution in [0.3, 0.4) is 0 Å². The van der Waals surface area contributed by atoms with E-state index in [0.717, 1.165) is 6.42 Å². The molecule has 3 rings (SSSR count). The monoisotopic (exact) mass is 382 g/mol. The molecule has 2 heterocycles. The fraction of sp³-hybridized carbons (Fsp3) is 0.611. The number of hydrogen-bond donors (Lipinski definition) is 0. The van der Waals surface area contributed by atoms with E-state index in [2.05, 4.69) is 0 Å². The van der Waals surface area contributed by atoms with Crippen molar-refractivity contribution >= 4 is 15.9 Å². The average Bonchev–Trinajstić information content (AvgIpc) is 2.86. The molecule has 0 aliphatic carbocycles. The molecule has 0 N–H and O–H groups in total. The Kier molecular flexibility index (Phi) is 5.72. The summed E-state index contributed by atoms with van der Waals surface area (Å²) in [5, 5.41) is 0. The molecule has 0 unspecified atom stereocenters. The summed E-state index contributed by atoms with van der Waals surface area (Å²) in [6, 6.07) is 4.74. The molecule has 1 aromatic rings. The predicted octanol–water partition coefficient (Wildman–Crippen LogP) is 1.73. The molecule has 26 heavy (non-hydrogen) atoms. The Bertz CT molecular complexity index is 755. The number of fused-ring (bicyclic) bond motifs is 1. The van der Waals surface area contributed by atoms with E-state index in [1.54, 1.807) is 17.0 Å². The number of hydrogen-bond acceptors (Lipinski definition) is 5. The van der Waals surface area contributed by atoms with E-state index < -0.39 is 10.0 Å². The Morgan fingerprint density at radius 3 is 2.38 bits per heavy atom. The minimum atomic E-state index is -3.62. The Balaban J connectivity index is 1.70. The van der Waals surface area contributed by atoms with Gasteiger partial charge in [-0.25, -0.2) is 8.42 Å². The second kappa shape index (κ2) is 7.84. The Labute approximate surface area is 154 Å². The van der Waals surface area contributed by atoms with Crippen molar-refractivity contribution in [3.05, 3.63) is 18.2 Å². The van der Waals surface area contributed by atoms with E-state index in [-0.39, 0.29) is 10.8 Å². The molecule has 0 bridgehead atoms. The highest BCUT2D eigenvalue weighted by Crippen LogP contribution is 2.33. The largest absolute Gasteiger partial charge is 0.490 e. The average molecular weight is 382 g/mol. The lowest BCUT2D eigenvalue weighted by Gasteiger charge is -2.34. The maximum Gasteiger partial charge on any atom is 0.243 e. The second-order valence-corrected chi connectivity index (χ2v) is 8.98. The van der Waals surface area contributed by atoms with Crippen LogP contribution < -0.4 is 9.47 Å². The molecule has 2 aliphatic heterocycles. The van der Waals surface area contributed by atoms with E-state index in [4.69, 9.17) is 9.47 Å². The van der Waals surface area contributed by atoms with Crippen LogP contribution >= 0.6 is 0 Å². The smallest absolute Gasteiger partial charge is 0.243 e. The number of ether oxygens (including phenoxy) is 2. The fourth-order valence-electron chi connectivity index (χ4n) is 3.11. The molecule has 1 saturated heterocycles. The van der Waals surface area contributed by atoms with E-state index in [0.29, 0.717) is 63.2 Å². The number of carbonyl (C=O) groups excluding carboxylic acids is 1. The summed E-state index contributed by atoms with van der Waals surface area (Å²) in [6.45, 7) is 6.54. The number of carbonyl (C=O) groups is 1. The number of piperazine rings is 1. The number of amides is 1. The van der Waals surface area contributed by atoms with Crippen LogP contribution in [0.25, 0.3) is 0 Å². The van der Waals surface area contributed by atoms with Gasteiger partial charge in [-0.05, 0) is 18.1 Å². The van der Waals surface area contributed by atoms with E-state index in [9.17, 15) is 13.2 Å². The molecular weight excluding hydrogens is 356 g/mol. The highest BCUT2D eigenvalue weighted by Gasteiger charge is 2.31. The van der Waals surface area contributed by atoms with Gasteiger partial charge in [0.25, 0.3) is 0 Å². The molecule has 2 aliphatic rings. The zero-order chi connectivity index (χ0) is 18.7. The third-order valence-electron chi connectivity index (χ3n) is 4.53. The zero-order valence-corrected chi connectivity index (χ0v) is 16.1. The van der Waals surface area contributed by atoms with Crippen molar-refractivity contribution in [1.29, 1.82) is 0 Å². The molecule has 0 saturated carbocycles. The lowest BCUT2D eigenvalue weighted by Crippen LogP contribution is -2.50. The summed E-state index contributed by atoms with van der Waals surface area (Å²) >= 11 is 0. The fourth-order valence-corrected chi connectivity index (χ4v) is 4.55. The van der Waals surface area contributed by atoms with Gasteiger partial charge in [-0.1, -0.05) is 13.8 Å². The lowest BCUT2D eigenvalue weighted by molar-refractivity contribution is -0.133. The van der Waals surface area contributed by atoms with Crippen LogP contribution in [-0.4, -0.2) is 62.9 Å². The molecule has 8 heteroatoms. The standard InChI is InChI=1S/C18H26N2O5S/c1-14(2)12-18(21)19-6-8-20(9-7-19)26(22,23)15-4-5-16-17(13-15)25-11-3-10-24-16/h4-5,13-14H,3,6-12H2,1-2H3. The molecule has 0 atom stereocenters. The van der Waals surface area contributed by atoms with Crippen molar-refractivity contribution < 1.29 is 22.7 Å². The number of benzene rings is 1. The quantitative estimate of drug-likeness (QED) is 0.793. The Hall–Kier alpha value is -1.80. The topological polar surface area (TPSA) is 76.2 Å². The van der Waals surface area contributed by atoms with Crippen molar-refractivity contribution in [2.24, 2.45) is 5.92 Å². The van der Waals surface area contributed by atoms with Crippen LogP contribution in [0.15, 0.2) is 23.1 Å². The normalized spacial score (nSPS) is 18.7. The summed E-state index contributed by atoms with van der Waals surface area (Å²) in [4.78, 5) is 14.1. The summed E-state index contributed by atoms with van der Waals surface area (Å²) < 4.78 is 38.5. The van der Waals surface area contributed by atoms with Crippen LogP contribution in [0.2, 0.25) is 0 Å². The number of nitrogens with zero attached hydrogens (tertiary/aromatic N) is 2. The van der Waals surface area contributed by atoms with Crippen molar-refractivity contribution in [2.45, 2.75) is 31.6 Å². The van der Waals surface area contributed by atoms with Gasteiger partial charge in [0.1, 0.15) is 0 Å². The molecule has 1 aromatic carbocycles. The van der Waals surface area contributed by atoms with Gasteiger partial charge in [0.05, 0.1) is 18.1 Å². The molecule has 0 spiro atoms. The predicted molar refractivity (Wildman–Crippen MR) is 96.8 cm³/mol. The first kappa shape index (κ1) is 19.0. The second-order valence-electron chi connectivity index (χ2n) is 7.04. The van der Waals surface area contributed by atoms with Gasteiger partial charge in [-0.3, -0.25) is 4.79 Å². The van der Waals surface area contributed by atoms with E-state index >= 15 is 0 Å². The Morgan fingerprint density at radius 1 is 1.08 bits per heavy atom. The summed E-state index contributed by atoms with van der Waals surface area (Å²) in [7, 11) is -3.62. The Morgan fingerprint density at radius 2 is 1.73 bits per heavy atom. The van der Waals surface area contributed by atoms with Gasteiger partial charge < -0.3 is 14.4 Å². The minimum Gasteiger partial charge on any atom is -0.490 e. The first-order valence-electron chi connectivity index (χ1n) is 9.05. The highest BCUT2D eigenvalue weighted by molar-refractivity contribution is 7.89. The lowest BCUT2D eigenvalue weighted by atomic mass is 10.1. The summed E-state index contributed by atoms with van der Waals surface area (Å²) in [5.41, 5.74) is 0. The van der Waals surface area contributed by atoms with Crippen LogP contribution in [0.1, 0.15) is 26.7 Å². The van der Waals surface area contributed by atoms with Gasteiger partial charge in [-0.2, -0.15) is 4.31 Å². The molecule has 7 nitrogen and oxygen atoms in total. The third-order valence-corrected chi connectivity index (χ3v) is 6.43. The van der Waals surface area contributed by atoms with Crippen molar-refractivity contribution in [3.8, 4) is 11.5 Å². The first-order valence-corrected chi connectivity index (χ1v) is 10.5. The van der Waals surface area contributed by atoms with Crippen LogP contribution in [0, 0.1) is 5.92 Å². The van der Waals surface area contributed by atoms with E-state index in [1.807, 2.05) is 13.8 Å². The third kappa shape index (κ3) is 4.12. The summed E-state index contributed by atoms with van der Waals surface area (Å²) in [5.74, 6) is 1.43. The van der Waals surface area contributed by atoms with Gasteiger partial charge in [-0.15, -0.1) is 0 Å². The summed E-state index contributed by atoms with van der Waals surface area (Å²) in [6.07, 6.45) is 1.26. The van der Waals surface area contributed by atoms with Crippen LogP contribution in [0.5, 0.6) is 11.5 Å². The maximum absolute atomic E-state index is 12.9. The van der Waals surface area contributed by atoms with Gasteiger partial charge in [0.15, 0.2) is 11.5 Å². The van der Waals surface area contributed by atoms with Crippen molar-refractivity contribution in [2.75, 3.05) is 39.4 Å². The van der Waals surface area contributed by atoms with Gasteiger partial charge >= 0.3 is 0 Å². The van der Waals surface area contributed by atoms with Gasteiger partial charge in [0, 0.05) is 45.1 Å². The molecule has 144 valence electrons. The molecular formula is C18H26N2O5S. The zero-order valence-electron chi connectivity index (χ0n) is 15.3. The number of rotatable bonds is 4. The van der Waals surface area contributed by atoms with Crippen molar-refractivity contribution in [3.63, 3.8) is 0 Å².